The summed E-state index contributed by atoms with van der Waals surface area (Å²) in [7, 11) is 1.64. The first-order chi connectivity index (χ1) is 14.1. The van der Waals surface area contributed by atoms with E-state index in [2.05, 4.69) is 24.4 Å². The molecule has 1 amide bonds. The molecule has 1 aromatic heterocycles. The van der Waals surface area contributed by atoms with Crippen molar-refractivity contribution >= 4 is 18.3 Å². The Kier molecular flexibility index (Phi) is 7.13. The third kappa shape index (κ3) is 4.83. The smallest absolute Gasteiger partial charge is 0.257 e. The van der Waals surface area contributed by atoms with Crippen LogP contribution in [0.5, 0.6) is 5.75 Å². The summed E-state index contributed by atoms with van der Waals surface area (Å²) in [5.41, 5.74) is 3.40. The van der Waals surface area contributed by atoms with Gasteiger partial charge in [-0.05, 0) is 36.8 Å². The normalized spacial score (nSPS) is 16.1. The lowest BCUT2D eigenvalue weighted by Crippen LogP contribution is -2.51. The van der Waals surface area contributed by atoms with Crippen LogP contribution >= 0.6 is 12.4 Å². The quantitative estimate of drug-likeness (QED) is 0.678. The summed E-state index contributed by atoms with van der Waals surface area (Å²) >= 11 is 0. The number of carbonyl (C=O) groups excluding carboxylic acids is 1. The van der Waals surface area contributed by atoms with E-state index < -0.39 is 0 Å². The number of hydrogen-bond donors (Lipinski definition) is 1. The monoisotopic (exact) mass is 426 g/mol. The highest BCUT2D eigenvalue weighted by Gasteiger charge is 2.26. The van der Waals surface area contributed by atoms with Gasteiger partial charge >= 0.3 is 0 Å². The van der Waals surface area contributed by atoms with Crippen LogP contribution < -0.4 is 10.1 Å². The van der Waals surface area contributed by atoms with E-state index in [0.29, 0.717) is 30.9 Å². The van der Waals surface area contributed by atoms with Crippen LogP contribution in [-0.4, -0.2) is 53.4 Å². The van der Waals surface area contributed by atoms with E-state index in [-0.39, 0.29) is 24.4 Å². The molecule has 2 aromatic carbocycles. The van der Waals surface area contributed by atoms with Gasteiger partial charge in [0.2, 0.25) is 0 Å². The average molecular weight is 427 g/mol. The maximum Gasteiger partial charge on any atom is 0.257 e. The molecule has 1 atom stereocenters. The van der Waals surface area contributed by atoms with Crippen molar-refractivity contribution < 1.29 is 9.53 Å². The number of carbonyl (C=O) groups is 1. The van der Waals surface area contributed by atoms with E-state index >= 15 is 0 Å². The number of benzene rings is 2. The summed E-state index contributed by atoms with van der Waals surface area (Å²) < 4.78 is 7.12. The predicted octanol–water partition coefficient (Wildman–Crippen LogP) is 3.46. The number of piperazine rings is 1. The molecule has 4 rings (SSSR count). The summed E-state index contributed by atoms with van der Waals surface area (Å²) in [5, 5.41) is 8.17. The van der Waals surface area contributed by atoms with Crippen LogP contribution in [0.4, 0.5) is 0 Å². The van der Waals surface area contributed by atoms with Crippen molar-refractivity contribution in [3.05, 3.63) is 71.9 Å². The Morgan fingerprint density at radius 1 is 1.17 bits per heavy atom. The number of rotatable bonds is 5. The fraction of sp³-hybridized carbons (Fsp3) is 0.304. The van der Waals surface area contributed by atoms with E-state index in [1.165, 1.54) is 0 Å². The third-order valence-electron chi connectivity index (χ3n) is 5.20. The third-order valence-corrected chi connectivity index (χ3v) is 5.20. The zero-order valence-corrected chi connectivity index (χ0v) is 18.1. The lowest BCUT2D eigenvalue weighted by Gasteiger charge is -2.31. The number of nitrogens with zero attached hydrogens (tertiary/aromatic N) is 3. The fourth-order valence-corrected chi connectivity index (χ4v) is 3.68. The molecule has 1 fully saturated rings. The molecular weight excluding hydrogens is 400 g/mol. The number of hydrogen-bond acceptors (Lipinski definition) is 4. The first-order valence-corrected chi connectivity index (χ1v) is 9.92. The van der Waals surface area contributed by atoms with Gasteiger partial charge in [0.25, 0.3) is 5.91 Å². The second kappa shape index (κ2) is 9.78. The Bertz CT molecular complexity index is 973. The van der Waals surface area contributed by atoms with Gasteiger partial charge < -0.3 is 15.0 Å². The van der Waals surface area contributed by atoms with Crippen molar-refractivity contribution in [2.75, 3.05) is 26.7 Å². The molecule has 1 saturated heterocycles. The molecule has 1 aliphatic heterocycles. The average Bonchev–Trinajstić information content (AvgIpc) is 3.17. The molecule has 0 aliphatic carbocycles. The highest BCUT2D eigenvalue weighted by molar-refractivity contribution is 6.00. The van der Waals surface area contributed by atoms with E-state index in [4.69, 9.17) is 9.84 Å². The highest BCUT2D eigenvalue weighted by atomic mass is 35.5. The van der Waals surface area contributed by atoms with Crippen LogP contribution in [0, 0.1) is 0 Å². The summed E-state index contributed by atoms with van der Waals surface area (Å²) in [5.74, 6) is 0.810. The molecule has 0 radical (unpaired) electrons. The minimum atomic E-state index is 0. The second-order valence-electron chi connectivity index (χ2n) is 7.41. The molecule has 1 unspecified atom stereocenters. The van der Waals surface area contributed by atoms with Crippen molar-refractivity contribution in [1.82, 2.24) is 20.0 Å². The van der Waals surface area contributed by atoms with E-state index in [1.54, 1.807) is 7.11 Å². The molecule has 2 heterocycles. The Hall–Kier alpha value is -2.83. The maximum atomic E-state index is 13.3. The summed E-state index contributed by atoms with van der Waals surface area (Å²) in [6.07, 6.45) is 1.88. The summed E-state index contributed by atoms with van der Waals surface area (Å²) in [6, 6.07) is 18.1. The lowest BCUT2D eigenvalue weighted by atomic mass is 10.1. The number of methoxy groups -OCH3 is 1. The predicted molar refractivity (Wildman–Crippen MR) is 120 cm³/mol. The van der Waals surface area contributed by atoms with Gasteiger partial charge in [-0.1, -0.05) is 30.3 Å². The number of nitrogens with one attached hydrogen (secondary N) is 1. The van der Waals surface area contributed by atoms with Crippen molar-refractivity contribution in [3.63, 3.8) is 0 Å². The standard InChI is InChI=1S/C23H26N4O2.ClH/c1-17-14-26(13-12-24-17)23(28)21-16-27(15-18-6-4-3-5-7-18)25-22(21)19-8-10-20(29-2)11-9-19;/h3-11,16-17,24H,12-15H2,1-2H3;1H. The van der Waals surface area contributed by atoms with Crippen molar-refractivity contribution in [2.45, 2.75) is 19.5 Å². The lowest BCUT2D eigenvalue weighted by molar-refractivity contribution is 0.0709. The molecule has 7 heteroatoms. The summed E-state index contributed by atoms with van der Waals surface area (Å²) in [4.78, 5) is 15.3. The van der Waals surface area contributed by atoms with E-state index in [1.807, 2.05) is 58.2 Å². The minimum Gasteiger partial charge on any atom is -0.497 e. The Morgan fingerprint density at radius 3 is 2.57 bits per heavy atom. The van der Waals surface area contributed by atoms with Gasteiger partial charge in [-0.25, -0.2) is 0 Å². The van der Waals surface area contributed by atoms with Gasteiger partial charge in [0, 0.05) is 37.4 Å². The first-order valence-electron chi connectivity index (χ1n) is 9.92. The molecule has 0 saturated carbocycles. The molecule has 30 heavy (non-hydrogen) atoms. The molecule has 1 aliphatic rings. The molecule has 3 aromatic rings. The second-order valence-corrected chi connectivity index (χ2v) is 7.41. The van der Waals surface area contributed by atoms with Crippen LogP contribution in [0.1, 0.15) is 22.8 Å². The van der Waals surface area contributed by atoms with Gasteiger partial charge in [-0.3, -0.25) is 9.48 Å². The van der Waals surface area contributed by atoms with Gasteiger partial charge in [-0.15, -0.1) is 12.4 Å². The molecule has 0 spiro atoms. The van der Waals surface area contributed by atoms with Crippen LogP contribution in [-0.2, 0) is 6.54 Å². The topological polar surface area (TPSA) is 59.4 Å². The van der Waals surface area contributed by atoms with Gasteiger partial charge in [-0.2, -0.15) is 5.10 Å². The molecule has 6 nitrogen and oxygen atoms in total. The molecule has 158 valence electrons. The number of amides is 1. The zero-order valence-electron chi connectivity index (χ0n) is 17.2. The van der Waals surface area contributed by atoms with Crippen molar-refractivity contribution in [2.24, 2.45) is 0 Å². The summed E-state index contributed by atoms with van der Waals surface area (Å²) in [6.45, 7) is 4.93. The van der Waals surface area contributed by atoms with Gasteiger partial charge in [0.05, 0.1) is 19.2 Å². The van der Waals surface area contributed by atoms with E-state index in [9.17, 15) is 4.79 Å². The minimum absolute atomic E-state index is 0. The zero-order chi connectivity index (χ0) is 20.2. The number of aromatic nitrogens is 2. The molecule has 1 N–H and O–H groups in total. The van der Waals surface area contributed by atoms with Crippen molar-refractivity contribution in [3.8, 4) is 17.0 Å². The van der Waals surface area contributed by atoms with E-state index in [0.717, 1.165) is 23.4 Å². The number of ether oxygens (including phenoxy) is 1. The fourth-order valence-electron chi connectivity index (χ4n) is 3.68. The molecular formula is C23H27ClN4O2. The van der Waals surface area contributed by atoms with Crippen LogP contribution in [0.15, 0.2) is 60.8 Å². The van der Waals surface area contributed by atoms with Crippen LogP contribution in [0.25, 0.3) is 11.3 Å². The Balaban J connectivity index is 0.00000256. The molecule has 0 bridgehead atoms. The van der Waals surface area contributed by atoms with Crippen molar-refractivity contribution in [1.29, 1.82) is 0 Å². The Labute approximate surface area is 183 Å². The highest BCUT2D eigenvalue weighted by Crippen LogP contribution is 2.26. The van der Waals surface area contributed by atoms with Crippen LogP contribution in [0.3, 0.4) is 0 Å². The van der Waals surface area contributed by atoms with Gasteiger partial charge in [0.1, 0.15) is 11.4 Å². The van der Waals surface area contributed by atoms with Crippen LogP contribution in [0.2, 0.25) is 0 Å². The van der Waals surface area contributed by atoms with Gasteiger partial charge in [0.15, 0.2) is 0 Å². The Morgan fingerprint density at radius 2 is 1.90 bits per heavy atom. The first kappa shape index (κ1) is 21.9. The number of halogens is 1. The maximum absolute atomic E-state index is 13.3. The SMILES string of the molecule is COc1ccc(-c2nn(Cc3ccccc3)cc2C(=O)N2CCNC(C)C2)cc1.Cl. The largest absolute Gasteiger partial charge is 0.497 e.